The average Bonchev–Trinajstić information content (AvgIpc) is 3.38. The van der Waals surface area contributed by atoms with Gasteiger partial charge in [-0.3, -0.25) is 10.1 Å². The standard InChI is InChI=1S/C24H26N6O3S/c1-15-12-25-23(20-7-8-26-29-20)24-22(15)19(11-21(28-24)30-9-10-33-14-16(30)2)18-5-3-17(4-6-18)13-27-34(31)32/h3-8,11-12,16,34H,9-10,13-14H2,1-2H3,(H,26,29)(H,27,31,32)/t16-/m1/s1. The molecule has 2 N–H and O–H groups in total. The van der Waals surface area contributed by atoms with Crippen LogP contribution >= 0.6 is 0 Å². The number of nitrogens with zero attached hydrogens (tertiary/aromatic N) is 4. The van der Waals surface area contributed by atoms with Crippen LogP contribution in [0.4, 0.5) is 5.82 Å². The molecule has 1 aromatic carbocycles. The predicted molar refractivity (Wildman–Crippen MR) is 132 cm³/mol. The summed E-state index contributed by atoms with van der Waals surface area (Å²) in [6.45, 7) is 6.50. The molecule has 1 fully saturated rings. The molecule has 0 spiro atoms. The second-order valence-electron chi connectivity index (χ2n) is 8.42. The van der Waals surface area contributed by atoms with E-state index in [0.717, 1.165) is 56.9 Å². The van der Waals surface area contributed by atoms with E-state index in [9.17, 15) is 8.42 Å². The highest BCUT2D eigenvalue weighted by Crippen LogP contribution is 2.37. The molecule has 4 heterocycles. The van der Waals surface area contributed by atoms with Gasteiger partial charge in [0.15, 0.2) is 0 Å². The van der Waals surface area contributed by atoms with Crippen LogP contribution in [0.5, 0.6) is 0 Å². The van der Waals surface area contributed by atoms with Gasteiger partial charge in [0.2, 0.25) is 10.9 Å². The van der Waals surface area contributed by atoms with Crippen LogP contribution in [0.15, 0.2) is 48.8 Å². The van der Waals surface area contributed by atoms with E-state index in [2.05, 4.69) is 32.8 Å². The predicted octanol–water partition coefficient (Wildman–Crippen LogP) is 2.84. The average molecular weight is 479 g/mol. The first-order valence-corrected chi connectivity index (χ1v) is 12.3. The third kappa shape index (κ3) is 4.39. The number of aromatic amines is 1. The summed E-state index contributed by atoms with van der Waals surface area (Å²) in [7, 11) is -2.63. The number of aryl methyl sites for hydroxylation is 1. The highest BCUT2D eigenvalue weighted by molar-refractivity contribution is 7.70. The zero-order valence-corrected chi connectivity index (χ0v) is 19.9. The largest absolute Gasteiger partial charge is 0.377 e. The lowest BCUT2D eigenvalue weighted by Gasteiger charge is -2.34. The van der Waals surface area contributed by atoms with Crippen molar-refractivity contribution in [3.8, 4) is 22.5 Å². The number of anilines is 1. The van der Waals surface area contributed by atoms with Crippen molar-refractivity contribution in [1.82, 2.24) is 24.9 Å². The molecule has 4 aromatic rings. The van der Waals surface area contributed by atoms with Crippen LogP contribution in [0.25, 0.3) is 33.4 Å². The number of rotatable bonds is 6. The number of fused-ring (bicyclic) bond motifs is 1. The molecule has 1 aliphatic heterocycles. The van der Waals surface area contributed by atoms with Crippen LogP contribution in [0.2, 0.25) is 0 Å². The molecule has 1 aliphatic rings. The molecule has 0 amide bonds. The molecule has 0 unspecified atom stereocenters. The van der Waals surface area contributed by atoms with Crippen molar-refractivity contribution in [1.29, 1.82) is 0 Å². The molecule has 34 heavy (non-hydrogen) atoms. The molecule has 1 saturated heterocycles. The molecule has 9 nitrogen and oxygen atoms in total. The molecule has 10 heteroatoms. The fraction of sp³-hybridized carbons (Fsp3) is 0.292. The smallest absolute Gasteiger partial charge is 0.201 e. The molecular weight excluding hydrogens is 452 g/mol. The second-order valence-corrected chi connectivity index (χ2v) is 9.25. The number of ether oxygens (including phenoxy) is 1. The Morgan fingerprint density at radius 1 is 1.24 bits per heavy atom. The maximum Gasteiger partial charge on any atom is 0.201 e. The first kappa shape index (κ1) is 22.5. The Labute approximate surface area is 199 Å². The maximum absolute atomic E-state index is 10.9. The number of hydrogen-bond donors (Lipinski definition) is 3. The number of benzene rings is 1. The lowest BCUT2D eigenvalue weighted by atomic mass is 9.96. The number of hydrogen-bond acceptors (Lipinski definition) is 7. The Balaban J connectivity index is 1.70. The van der Waals surface area contributed by atoms with Gasteiger partial charge in [-0.2, -0.15) is 5.10 Å². The molecular formula is C24H26N6O3S. The van der Waals surface area contributed by atoms with Crippen LogP contribution in [0, 0.1) is 6.92 Å². The Morgan fingerprint density at radius 3 is 2.76 bits per heavy atom. The monoisotopic (exact) mass is 478 g/mol. The van der Waals surface area contributed by atoms with Crippen LogP contribution in [0.1, 0.15) is 18.1 Å². The van der Waals surface area contributed by atoms with Crippen LogP contribution < -0.4 is 9.62 Å². The molecule has 0 aliphatic carbocycles. The fourth-order valence-corrected chi connectivity index (χ4v) is 4.69. The molecule has 1 atom stereocenters. The number of morpholine rings is 1. The van der Waals surface area contributed by atoms with Crippen LogP contribution in [0.3, 0.4) is 0 Å². The van der Waals surface area contributed by atoms with Gasteiger partial charge in [-0.25, -0.2) is 18.1 Å². The molecule has 0 radical (unpaired) electrons. The maximum atomic E-state index is 10.9. The molecule has 0 saturated carbocycles. The molecule has 0 bridgehead atoms. The van der Waals surface area contributed by atoms with E-state index in [1.165, 1.54) is 0 Å². The highest BCUT2D eigenvalue weighted by atomic mass is 32.2. The van der Waals surface area contributed by atoms with Crippen molar-refractivity contribution in [3.05, 3.63) is 59.9 Å². The van der Waals surface area contributed by atoms with Crippen molar-refractivity contribution in [2.24, 2.45) is 0 Å². The second kappa shape index (κ2) is 9.49. The zero-order chi connectivity index (χ0) is 23.7. The summed E-state index contributed by atoms with van der Waals surface area (Å²) >= 11 is 0. The normalized spacial score (nSPS) is 16.4. The van der Waals surface area contributed by atoms with Gasteiger partial charge >= 0.3 is 0 Å². The summed E-state index contributed by atoms with van der Waals surface area (Å²) in [5.74, 6) is 0.876. The Morgan fingerprint density at radius 2 is 2.06 bits per heavy atom. The van der Waals surface area contributed by atoms with E-state index in [-0.39, 0.29) is 12.6 Å². The SMILES string of the molecule is Cc1cnc(-c2ccn[nH]2)c2nc(N3CCOC[C@H]3C)cc(-c3ccc(CN[SH](=O)=O)cc3)c12. The van der Waals surface area contributed by atoms with Gasteiger partial charge in [0.05, 0.1) is 24.9 Å². The summed E-state index contributed by atoms with van der Waals surface area (Å²) in [4.78, 5) is 12.1. The van der Waals surface area contributed by atoms with E-state index < -0.39 is 10.9 Å². The van der Waals surface area contributed by atoms with Crippen LogP contribution in [-0.2, 0) is 22.2 Å². The number of H-pyrrole nitrogens is 1. The van der Waals surface area contributed by atoms with Gasteiger partial charge in [-0.1, -0.05) is 24.3 Å². The summed E-state index contributed by atoms with van der Waals surface area (Å²) in [6, 6.07) is 12.1. The molecule has 176 valence electrons. The Kier molecular flexibility index (Phi) is 6.27. The Bertz CT molecular complexity index is 1380. The first-order valence-electron chi connectivity index (χ1n) is 11.1. The van der Waals surface area contributed by atoms with Crippen molar-refractivity contribution in [3.63, 3.8) is 0 Å². The molecule has 5 rings (SSSR count). The van der Waals surface area contributed by atoms with Gasteiger partial charge in [-0.05, 0) is 48.2 Å². The minimum absolute atomic E-state index is 0.197. The van der Waals surface area contributed by atoms with Gasteiger partial charge in [0.1, 0.15) is 17.0 Å². The molecule has 3 aromatic heterocycles. The number of thiol groups is 1. The van der Waals surface area contributed by atoms with Crippen molar-refractivity contribution < 1.29 is 13.2 Å². The van der Waals surface area contributed by atoms with E-state index in [0.29, 0.717) is 13.2 Å². The quantitative estimate of drug-likeness (QED) is 0.365. The van der Waals surface area contributed by atoms with Crippen molar-refractivity contribution in [2.45, 2.75) is 26.4 Å². The van der Waals surface area contributed by atoms with Crippen LogP contribution in [-0.4, -0.2) is 54.4 Å². The fourth-order valence-electron chi connectivity index (χ4n) is 4.37. The highest BCUT2D eigenvalue weighted by Gasteiger charge is 2.23. The first-order chi connectivity index (χ1) is 16.5. The summed E-state index contributed by atoms with van der Waals surface area (Å²) in [5, 5.41) is 8.15. The van der Waals surface area contributed by atoms with Crippen molar-refractivity contribution in [2.75, 3.05) is 24.7 Å². The van der Waals surface area contributed by atoms with Gasteiger partial charge in [-0.15, -0.1) is 0 Å². The zero-order valence-electron chi connectivity index (χ0n) is 19.0. The van der Waals surface area contributed by atoms with Gasteiger partial charge in [0, 0.05) is 30.9 Å². The number of aromatic nitrogens is 4. The van der Waals surface area contributed by atoms with Gasteiger partial charge < -0.3 is 9.64 Å². The summed E-state index contributed by atoms with van der Waals surface area (Å²) < 4.78 is 29.9. The van der Waals surface area contributed by atoms with Gasteiger partial charge in [0.25, 0.3) is 0 Å². The Hall–Kier alpha value is -3.34. The minimum atomic E-state index is -2.63. The topological polar surface area (TPSA) is 113 Å². The minimum Gasteiger partial charge on any atom is -0.377 e. The number of pyridine rings is 2. The van der Waals surface area contributed by atoms with E-state index in [4.69, 9.17) is 14.7 Å². The van der Waals surface area contributed by atoms with E-state index in [1.54, 1.807) is 6.20 Å². The lowest BCUT2D eigenvalue weighted by molar-refractivity contribution is 0.0986. The van der Waals surface area contributed by atoms with E-state index in [1.807, 2.05) is 43.5 Å². The third-order valence-corrected chi connectivity index (χ3v) is 6.52. The van der Waals surface area contributed by atoms with Crippen molar-refractivity contribution >= 4 is 27.6 Å². The summed E-state index contributed by atoms with van der Waals surface area (Å²) in [5.41, 5.74) is 6.36. The lowest BCUT2D eigenvalue weighted by Crippen LogP contribution is -2.44. The van der Waals surface area contributed by atoms with E-state index >= 15 is 0 Å². The third-order valence-electron chi connectivity index (χ3n) is 6.11. The number of nitrogens with one attached hydrogen (secondary N) is 2. The summed E-state index contributed by atoms with van der Waals surface area (Å²) in [6.07, 6.45) is 3.57.